The molecule has 0 radical (unpaired) electrons. The Morgan fingerprint density at radius 1 is 1.13 bits per heavy atom. The van der Waals surface area contributed by atoms with Gasteiger partial charge in [-0.2, -0.15) is 0 Å². The molecule has 1 atom stereocenters. The van der Waals surface area contributed by atoms with Crippen molar-refractivity contribution in [1.82, 2.24) is 15.5 Å². The van der Waals surface area contributed by atoms with Crippen LogP contribution < -0.4 is 5.32 Å². The molecular weight excluding hydrogens is 378 g/mol. The fraction of sp³-hybridized carbons (Fsp3) is 0.176. The van der Waals surface area contributed by atoms with Crippen molar-refractivity contribution in [3.05, 3.63) is 69.5 Å². The number of rotatable bonds is 5. The summed E-state index contributed by atoms with van der Waals surface area (Å²) in [5.74, 6) is 1.06. The number of hydrogen-bond acceptors (Lipinski definition) is 4. The Morgan fingerprint density at radius 2 is 1.87 bits per heavy atom. The normalized spacial score (nSPS) is 12.3. The third-order valence-electron chi connectivity index (χ3n) is 3.49. The van der Waals surface area contributed by atoms with Crippen molar-refractivity contribution in [3.63, 3.8) is 0 Å². The van der Waals surface area contributed by atoms with Gasteiger partial charge in [0.1, 0.15) is 0 Å². The van der Waals surface area contributed by atoms with Crippen molar-refractivity contribution in [2.24, 2.45) is 0 Å². The van der Waals surface area contributed by atoms with Crippen molar-refractivity contribution < 1.29 is 4.42 Å². The molecule has 1 aromatic heterocycles. The monoisotopic (exact) mass is 391 g/mol. The number of nitrogens with zero attached hydrogens (tertiary/aromatic N) is 2. The molecule has 1 N–H and O–H groups in total. The summed E-state index contributed by atoms with van der Waals surface area (Å²) in [5.41, 5.74) is 1.94. The van der Waals surface area contributed by atoms with E-state index in [1.165, 1.54) is 0 Å². The van der Waals surface area contributed by atoms with Crippen LogP contribution in [0.3, 0.4) is 0 Å². The second-order valence-corrected chi connectivity index (χ2v) is 6.45. The molecule has 0 aliphatic carbocycles. The van der Waals surface area contributed by atoms with Crippen LogP contribution in [0.15, 0.2) is 57.4 Å². The third-order valence-corrected chi connectivity index (χ3v) is 4.36. The Labute approximate surface area is 148 Å². The maximum Gasteiger partial charge on any atom is 0.247 e. The van der Waals surface area contributed by atoms with Crippen LogP contribution in [0.5, 0.6) is 0 Å². The van der Waals surface area contributed by atoms with Crippen LogP contribution in [0.1, 0.15) is 24.4 Å². The molecule has 4 nitrogen and oxygen atoms in total. The predicted molar refractivity (Wildman–Crippen MR) is 94.1 cm³/mol. The Bertz CT molecular complexity index is 789. The average molecular weight is 393 g/mol. The second-order valence-electron chi connectivity index (χ2n) is 5.13. The van der Waals surface area contributed by atoms with E-state index in [-0.39, 0.29) is 6.04 Å². The molecule has 3 rings (SSSR count). The van der Waals surface area contributed by atoms with Crippen molar-refractivity contribution in [3.8, 4) is 11.5 Å². The van der Waals surface area contributed by atoms with Gasteiger partial charge in [0.2, 0.25) is 11.8 Å². The number of halogens is 2. The topological polar surface area (TPSA) is 51.0 Å². The van der Waals surface area contributed by atoms with E-state index in [2.05, 4.69) is 31.4 Å². The molecule has 6 heteroatoms. The first kappa shape index (κ1) is 16.2. The van der Waals surface area contributed by atoms with Gasteiger partial charge in [0.05, 0.1) is 6.54 Å². The molecule has 3 aromatic rings. The van der Waals surface area contributed by atoms with Crippen LogP contribution in [0, 0.1) is 0 Å². The Balaban J connectivity index is 1.65. The maximum absolute atomic E-state index is 6.20. The molecule has 0 amide bonds. The summed E-state index contributed by atoms with van der Waals surface area (Å²) in [4.78, 5) is 0. The molecule has 0 spiro atoms. The van der Waals surface area contributed by atoms with Crippen LogP contribution in [-0.4, -0.2) is 10.2 Å². The van der Waals surface area contributed by atoms with E-state index in [4.69, 9.17) is 16.0 Å². The molecule has 0 saturated carbocycles. The largest absolute Gasteiger partial charge is 0.419 e. The first-order valence-electron chi connectivity index (χ1n) is 7.19. The molecule has 0 aliphatic heterocycles. The summed E-state index contributed by atoms with van der Waals surface area (Å²) in [6, 6.07) is 15.6. The molecule has 1 unspecified atom stereocenters. The smallest absolute Gasteiger partial charge is 0.247 e. The minimum Gasteiger partial charge on any atom is -0.419 e. The predicted octanol–water partition coefficient (Wildman–Crippen LogP) is 5.00. The summed E-state index contributed by atoms with van der Waals surface area (Å²) in [6.45, 7) is 2.53. The van der Waals surface area contributed by atoms with E-state index >= 15 is 0 Å². The second kappa shape index (κ2) is 7.25. The van der Waals surface area contributed by atoms with Gasteiger partial charge in [-0.1, -0.05) is 45.7 Å². The minimum absolute atomic E-state index is 0.0896. The van der Waals surface area contributed by atoms with Crippen molar-refractivity contribution in [1.29, 1.82) is 0 Å². The Kier molecular flexibility index (Phi) is 5.10. The van der Waals surface area contributed by atoms with Gasteiger partial charge in [-0.15, -0.1) is 10.2 Å². The molecular formula is C17H15BrClN3O. The summed E-state index contributed by atoms with van der Waals surface area (Å²) >= 11 is 9.61. The lowest BCUT2D eigenvalue weighted by atomic mass is 10.1. The van der Waals surface area contributed by atoms with Gasteiger partial charge in [-0.05, 0) is 42.8 Å². The summed E-state index contributed by atoms with van der Waals surface area (Å²) < 4.78 is 6.70. The molecule has 1 heterocycles. The highest BCUT2D eigenvalue weighted by Gasteiger charge is 2.12. The number of benzene rings is 2. The van der Waals surface area contributed by atoms with E-state index in [1.807, 2.05) is 55.5 Å². The molecule has 2 aromatic carbocycles. The van der Waals surface area contributed by atoms with Crippen molar-refractivity contribution >= 4 is 27.5 Å². The standard InChI is InChI=1S/C17H15BrClN3O/c1-11(14-4-2-3-5-15(14)19)20-10-16-21-22-17(23-16)12-6-8-13(18)9-7-12/h2-9,11,20H,10H2,1H3. The van der Waals surface area contributed by atoms with Gasteiger partial charge < -0.3 is 9.73 Å². The lowest BCUT2D eigenvalue weighted by molar-refractivity contribution is 0.454. The van der Waals surface area contributed by atoms with E-state index < -0.39 is 0 Å². The summed E-state index contributed by atoms with van der Waals surface area (Å²) in [5, 5.41) is 12.3. The Hall–Kier alpha value is -1.69. The average Bonchev–Trinajstić information content (AvgIpc) is 3.03. The zero-order valence-electron chi connectivity index (χ0n) is 12.5. The molecule has 23 heavy (non-hydrogen) atoms. The highest BCUT2D eigenvalue weighted by molar-refractivity contribution is 9.10. The first-order valence-corrected chi connectivity index (χ1v) is 8.36. The van der Waals surface area contributed by atoms with Gasteiger partial charge >= 0.3 is 0 Å². The van der Waals surface area contributed by atoms with Gasteiger partial charge in [0, 0.05) is 21.1 Å². The lowest BCUT2D eigenvalue weighted by Gasteiger charge is -2.14. The number of nitrogens with one attached hydrogen (secondary N) is 1. The lowest BCUT2D eigenvalue weighted by Crippen LogP contribution is -2.18. The number of hydrogen-bond donors (Lipinski definition) is 1. The zero-order valence-corrected chi connectivity index (χ0v) is 14.8. The molecule has 0 fully saturated rings. The highest BCUT2D eigenvalue weighted by atomic mass is 79.9. The van der Waals surface area contributed by atoms with E-state index in [0.717, 1.165) is 20.6 Å². The van der Waals surface area contributed by atoms with E-state index in [1.54, 1.807) is 0 Å². The van der Waals surface area contributed by atoms with Crippen LogP contribution in [0.25, 0.3) is 11.5 Å². The fourth-order valence-electron chi connectivity index (χ4n) is 2.21. The van der Waals surface area contributed by atoms with Gasteiger partial charge in [0.25, 0.3) is 0 Å². The van der Waals surface area contributed by atoms with E-state index in [0.29, 0.717) is 18.3 Å². The van der Waals surface area contributed by atoms with Crippen LogP contribution in [0.2, 0.25) is 5.02 Å². The third kappa shape index (κ3) is 3.99. The van der Waals surface area contributed by atoms with E-state index in [9.17, 15) is 0 Å². The molecule has 0 bridgehead atoms. The highest BCUT2D eigenvalue weighted by Crippen LogP contribution is 2.23. The van der Waals surface area contributed by atoms with Crippen molar-refractivity contribution in [2.75, 3.05) is 0 Å². The van der Waals surface area contributed by atoms with Crippen LogP contribution >= 0.6 is 27.5 Å². The maximum atomic E-state index is 6.20. The van der Waals surface area contributed by atoms with Crippen LogP contribution in [-0.2, 0) is 6.54 Å². The van der Waals surface area contributed by atoms with Gasteiger partial charge in [-0.25, -0.2) is 0 Å². The van der Waals surface area contributed by atoms with Crippen molar-refractivity contribution in [2.45, 2.75) is 19.5 Å². The first-order chi connectivity index (χ1) is 11.1. The minimum atomic E-state index is 0.0896. The zero-order chi connectivity index (χ0) is 16.2. The fourth-order valence-corrected chi connectivity index (χ4v) is 2.77. The van der Waals surface area contributed by atoms with Gasteiger partial charge in [0.15, 0.2) is 0 Å². The SMILES string of the molecule is CC(NCc1nnc(-c2ccc(Br)cc2)o1)c1ccccc1Cl. The molecule has 0 saturated heterocycles. The van der Waals surface area contributed by atoms with Crippen LogP contribution in [0.4, 0.5) is 0 Å². The van der Waals surface area contributed by atoms with Gasteiger partial charge in [-0.3, -0.25) is 0 Å². The molecule has 0 aliphatic rings. The molecule has 118 valence electrons. The Morgan fingerprint density at radius 3 is 2.61 bits per heavy atom. The number of aromatic nitrogens is 2. The quantitative estimate of drug-likeness (QED) is 0.663. The summed E-state index contributed by atoms with van der Waals surface area (Å²) in [7, 11) is 0. The summed E-state index contributed by atoms with van der Waals surface area (Å²) in [6.07, 6.45) is 0.